The Hall–Kier alpha value is -6.38. The van der Waals surface area contributed by atoms with Crippen LogP contribution in [0.1, 0.15) is 25.0 Å². The average molecular weight is 653 g/mol. The minimum Gasteiger partial charge on any atom is -0.310 e. The Balaban J connectivity index is 1.13. The molecule has 51 heavy (non-hydrogen) atoms. The van der Waals surface area contributed by atoms with E-state index in [-0.39, 0.29) is 5.41 Å². The maximum Gasteiger partial charge on any atom is 0.0547 e. The molecule has 0 N–H and O–H groups in total. The smallest absolute Gasteiger partial charge is 0.0547 e. The topological polar surface area (TPSA) is 8.17 Å². The van der Waals surface area contributed by atoms with Crippen molar-refractivity contribution >= 4 is 49.6 Å². The molecule has 8 aromatic carbocycles. The van der Waals surface area contributed by atoms with E-state index >= 15 is 0 Å². The van der Waals surface area contributed by atoms with Crippen LogP contribution in [-0.4, -0.2) is 4.57 Å². The third-order valence-electron chi connectivity index (χ3n) is 11.0. The van der Waals surface area contributed by atoms with Gasteiger partial charge in [0.25, 0.3) is 0 Å². The lowest BCUT2D eigenvalue weighted by molar-refractivity contribution is 0.660. The number of benzene rings is 8. The molecule has 0 spiro atoms. The highest BCUT2D eigenvalue weighted by molar-refractivity contribution is 6.15. The molecule has 0 unspecified atom stereocenters. The van der Waals surface area contributed by atoms with Gasteiger partial charge in [0.1, 0.15) is 0 Å². The van der Waals surface area contributed by atoms with Gasteiger partial charge in [-0.05, 0) is 105 Å². The molecule has 0 radical (unpaired) electrons. The van der Waals surface area contributed by atoms with Crippen molar-refractivity contribution in [2.45, 2.75) is 19.3 Å². The first-order valence-corrected chi connectivity index (χ1v) is 17.8. The summed E-state index contributed by atoms with van der Waals surface area (Å²) in [6, 6.07) is 66.6. The molecular formula is C49H36N2. The predicted molar refractivity (Wildman–Crippen MR) is 216 cm³/mol. The van der Waals surface area contributed by atoms with Gasteiger partial charge >= 0.3 is 0 Å². The summed E-state index contributed by atoms with van der Waals surface area (Å²) in [6.07, 6.45) is 0. The molecule has 2 nitrogen and oxygen atoms in total. The predicted octanol–water partition coefficient (Wildman–Crippen LogP) is 13.4. The van der Waals surface area contributed by atoms with Crippen molar-refractivity contribution < 1.29 is 0 Å². The Labute approximate surface area is 298 Å². The summed E-state index contributed by atoms with van der Waals surface area (Å²) in [5.41, 5.74) is 14.8. The highest BCUT2D eigenvalue weighted by Crippen LogP contribution is 2.51. The van der Waals surface area contributed by atoms with E-state index in [1.165, 1.54) is 71.6 Å². The zero-order valence-electron chi connectivity index (χ0n) is 28.7. The number of para-hydroxylation sites is 2. The Morgan fingerprint density at radius 3 is 1.92 bits per heavy atom. The minimum absolute atomic E-state index is 0.0849. The highest BCUT2D eigenvalue weighted by Gasteiger charge is 2.35. The average Bonchev–Trinajstić information content (AvgIpc) is 3.64. The van der Waals surface area contributed by atoms with E-state index in [4.69, 9.17) is 0 Å². The van der Waals surface area contributed by atoms with Crippen LogP contribution in [-0.2, 0) is 5.41 Å². The normalized spacial score (nSPS) is 13.1. The molecule has 0 fully saturated rings. The highest BCUT2D eigenvalue weighted by atomic mass is 15.1. The molecule has 242 valence electrons. The molecule has 0 bridgehead atoms. The Morgan fingerprint density at radius 1 is 0.431 bits per heavy atom. The second-order valence-corrected chi connectivity index (χ2v) is 14.2. The van der Waals surface area contributed by atoms with Crippen LogP contribution in [0.3, 0.4) is 0 Å². The molecule has 0 saturated carbocycles. The molecule has 0 saturated heterocycles. The third-order valence-corrected chi connectivity index (χ3v) is 11.0. The van der Waals surface area contributed by atoms with E-state index in [9.17, 15) is 0 Å². The van der Waals surface area contributed by atoms with Crippen LogP contribution >= 0.6 is 0 Å². The lowest BCUT2D eigenvalue weighted by Crippen LogP contribution is -2.16. The molecular weight excluding hydrogens is 617 g/mol. The fourth-order valence-corrected chi connectivity index (χ4v) is 8.50. The Kier molecular flexibility index (Phi) is 6.56. The Morgan fingerprint density at radius 2 is 1.06 bits per heavy atom. The summed E-state index contributed by atoms with van der Waals surface area (Å²) in [6.45, 7) is 4.71. The van der Waals surface area contributed by atoms with Crippen LogP contribution in [0.5, 0.6) is 0 Å². The zero-order valence-corrected chi connectivity index (χ0v) is 28.7. The van der Waals surface area contributed by atoms with Crippen molar-refractivity contribution in [2.24, 2.45) is 0 Å². The SMILES string of the molecule is CC1(C)c2ccccc2-c2ccc(N(c3ccc(-c4cccc5c4c4ccccc4n5-c4ccccc4)cc3)c3ccc4ccccc4c3)cc21. The van der Waals surface area contributed by atoms with E-state index in [0.29, 0.717) is 0 Å². The van der Waals surface area contributed by atoms with Gasteiger partial charge < -0.3 is 9.47 Å². The molecule has 1 aliphatic carbocycles. The van der Waals surface area contributed by atoms with Gasteiger partial charge in [0.05, 0.1) is 11.0 Å². The van der Waals surface area contributed by atoms with Crippen molar-refractivity contribution in [3.63, 3.8) is 0 Å². The Bertz CT molecular complexity index is 2770. The summed E-state index contributed by atoms with van der Waals surface area (Å²) >= 11 is 0. The summed E-state index contributed by atoms with van der Waals surface area (Å²) < 4.78 is 2.39. The maximum atomic E-state index is 2.41. The monoisotopic (exact) mass is 652 g/mol. The van der Waals surface area contributed by atoms with Crippen molar-refractivity contribution in [1.82, 2.24) is 4.57 Å². The van der Waals surface area contributed by atoms with Crippen LogP contribution in [0, 0.1) is 0 Å². The molecule has 0 atom stereocenters. The summed E-state index contributed by atoms with van der Waals surface area (Å²) in [5.74, 6) is 0. The first kappa shape index (κ1) is 29.5. The molecule has 10 rings (SSSR count). The van der Waals surface area contributed by atoms with E-state index in [1.807, 2.05) is 0 Å². The van der Waals surface area contributed by atoms with Crippen LogP contribution < -0.4 is 4.90 Å². The lowest BCUT2D eigenvalue weighted by Gasteiger charge is -2.28. The maximum absolute atomic E-state index is 2.41. The van der Waals surface area contributed by atoms with E-state index in [2.05, 4.69) is 205 Å². The first-order chi connectivity index (χ1) is 25.1. The van der Waals surface area contributed by atoms with Crippen molar-refractivity contribution in [2.75, 3.05) is 4.90 Å². The fraction of sp³-hybridized carbons (Fsp3) is 0.0612. The summed E-state index contributed by atoms with van der Waals surface area (Å²) in [5, 5.41) is 5.00. The largest absolute Gasteiger partial charge is 0.310 e. The van der Waals surface area contributed by atoms with Crippen molar-refractivity contribution in [3.8, 4) is 27.9 Å². The standard InChI is InChI=1S/C49H36N2/c1-49(2)44-20-10-8-17-41(44)42-30-29-39(32-45(42)49)50(38-28-23-33-13-6-7-14-35(33)31-38)37-26-24-34(25-27-37)40-19-12-22-47-48(40)43-18-9-11-21-46(43)51(47)36-15-4-3-5-16-36/h3-32H,1-2H3. The number of hydrogen-bond acceptors (Lipinski definition) is 1. The molecule has 1 aromatic heterocycles. The van der Waals surface area contributed by atoms with E-state index in [1.54, 1.807) is 0 Å². The van der Waals surface area contributed by atoms with Crippen LogP contribution in [0.25, 0.3) is 60.5 Å². The first-order valence-electron chi connectivity index (χ1n) is 17.8. The minimum atomic E-state index is -0.0849. The second kappa shape index (κ2) is 11.3. The molecule has 1 heterocycles. The van der Waals surface area contributed by atoms with E-state index in [0.717, 1.165) is 17.1 Å². The number of rotatable bonds is 5. The van der Waals surface area contributed by atoms with Gasteiger partial charge in [0.15, 0.2) is 0 Å². The number of nitrogens with zero attached hydrogens (tertiary/aromatic N) is 2. The molecule has 2 heteroatoms. The van der Waals surface area contributed by atoms with Gasteiger partial charge in [-0.15, -0.1) is 0 Å². The summed E-state index contributed by atoms with van der Waals surface area (Å²) in [7, 11) is 0. The molecule has 0 amide bonds. The van der Waals surface area contributed by atoms with Crippen LogP contribution in [0.15, 0.2) is 182 Å². The number of aromatic nitrogens is 1. The lowest BCUT2D eigenvalue weighted by atomic mass is 9.82. The van der Waals surface area contributed by atoms with E-state index < -0.39 is 0 Å². The molecule has 1 aliphatic rings. The third kappa shape index (κ3) is 4.57. The van der Waals surface area contributed by atoms with Gasteiger partial charge in [-0.2, -0.15) is 0 Å². The van der Waals surface area contributed by atoms with Crippen LogP contribution in [0.2, 0.25) is 0 Å². The van der Waals surface area contributed by atoms with Gasteiger partial charge in [-0.25, -0.2) is 0 Å². The number of fused-ring (bicyclic) bond motifs is 7. The zero-order chi connectivity index (χ0) is 34.1. The number of hydrogen-bond donors (Lipinski definition) is 0. The van der Waals surface area contributed by atoms with Gasteiger partial charge in [0, 0.05) is 38.9 Å². The summed E-state index contributed by atoms with van der Waals surface area (Å²) in [4.78, 5) is 2.41. The van der Waals surface area contributed by atoms with Gasteiger partial charge in [-0.1, -0.05) is 135 Å². The fourth-order valence-electron chi connectivity index (χ4n) is 8.50. The number of anilines is 3. The second-order valence-electron chi connectivity index (χ2n) is 14.2. The van der Waals surface area contributed by atoms with Gasteiger partial charge in [-0.3, -0.25) is 0 Å². The van der Waals surface area contributed by atoms with Crippen LogP contribution in [0.4, 0.5) is 17.1 Å². The quantitative estimate of drug-likeness (QED) is 0.180. The molecule has 9 aromatic rings. The molecule has 0 aliphatic heterocycles. The van der Waals surface area contributed by atoms with Crippen molar-refractivity contribution in [1.29, 1.82) is 0 Å². The van der Waals surface area contributed by atoms with Crippen molar-refractivity contribution in [3.05, 3.63) is 193 Å². The van der Waals surface area contributed by atoms with Gasteiger partial charge in [0.2, 0.25) is 0 Å².